The minimum absolute atomic E-state index is 0.112. The fourth-order valence-corrected chi connectivity index (χ4v) is 2.18. The number of benzene rings is 1. The number of amides is 2. The number of piperazine rings is 1. The Morgan fingerprint density at radius 1 is 1.14 bits per heavy atom. The smallest absolute Gasteiger partial charge is 0.311 e. The molecule has 2 aromatic rings. The Morgan fingerprint density at radius 3 is 2.45 bits per heavy atom. The second kappa shape index (κ2) is 5.92. The summed E-state index contributed by atoms with van der Waals surface area (Å²) in [5.41, 5.74) is 0.540. The SMILES string of the molecule is O=CN1CCN(C(=O)c2nnc(-c3ccc(F)cc3)o2)CC1. The van der Waals surface area contributed by atoms with Gasteiger partial charge >= 0.3 is 11.8 Å². The summed E-state index contributed by atoms with van der Waals surface area (Å²) < 4.78 is 18.2. The van der Waals surface area contributed by atoms with Crippen LogP contribution in [-0.4, -0.2) is 58.5 Å². The zero-order chi connectivity index (χ0) is 15.5. The highest BCUT2D eigenvalue weighted by molar-refractivity contribution is 5.89. The summed E-state index contributed by atoms with van der Waals surface area (Å²) in [6.45, 7) is 1.81. The van der Waals surface area contributed by atoms with E-state index in [1.165, 1.54) is 24.3 Å². The molecule has 3 rings (SSSR count). The number of aromatic nitrogens is 2. The van der Waals surface area contributed by atoms with E-state index in [4.69, 9.17) is 4.42 Å². The maximum atomic E-state index is 12.9. The molecule has 0 N–H and O–H groups in total. The van der Waals surface area contributed by atoms with Gasteiger partial charge in [0.1, 0.15) is 5.82 Å². The molecule has 1 fully saturated rings. The van der Waals surface area contributed by atoms with Crippen LogP contribution >= 0.6 is 0 Å². The second-order valence-corrected chi connectivity index (χ2v) is 4.85. The predicted molar refractivity (Wildman–Crippen MR) is 73.2 cm³/mol. The van der Waals surface area contributed by atoms with Crippen molar-refractivity contribution in [2.45, 2.75) is 0 Å². The van der Waals surface area contributed by atoms with Gasteiger partial charge in [-0.1, -0.05) is 0 Å². The maximum Gasteiger partial charge on any atom is 0.311 e. The molecule has 0 atom stereocenters. The Morgan fingerprint density at radius 2 is 1.82 bits per heavy atom. The molecule has 0 spiro atoms. The van der Waals surface area contributed by atoms with E-state index in [1.54, 1.807) is 9.80 Å². The van der Waals surface area contributed by atoms with Gasteiger partial charge in [0.2, 0.25) is 12.3 Å². The summed E-state index contributed by atoms with van der Waals surface area (Å²) >= 11 is 0. The number of carbonyl (C=O) groups excluding carboxylic acids is 2. The van der Waals surface area contributed by atoms with E-state index in [9.17, 15) is 14.0 Å². The normalized spacial score (nSPS) is 15.0. The molecule has 7 nitrogen and oxygen atoms in total. The van der Waals surface area contributed by atoms with Crippen molar-refractivity contribution < 1.29 is 18.4 Å². The molecule has 1 aliphatic heterocycles. The molecule has 0 aliphatic carbocycles. The fourth-order valence-electron chi connectivity index (χ4n) is 2.18. The molecule has 114 valence electrons. The van der Waals surface area contributed by atoms with E-state index >= 15 is 0 Å². The van der Waals surface area contributed by atoms with Crippen LogP contribution < -0.4 is 0 Å². The van der Waals surface area contributed by atoms with Gasteiger partial charge in [-0.05, 0) is 24.3 Å². The lowest BCUT2D eigenvalue weighted by Gasteiger charge is -2.31. The molecule has 1 aliphatic rings. The summed E-state index contributed by atoms with van der Waals surface area (Å²) in [6, 6.07) is 5.55. The molecule has 1 saturated heterocycles. The molecule has 0 bridgehead atoms. The minimum Gasteiger partial charge on any atom is -0.412 e. The third-order valence-electron chi connectivity index (χ3n) is 3.45. The molecule has 0 saturated carbocycles. The van der Waals surface area contributed by atoms with Crippen LogP contribution in [0.4, 0.5) is 4.39 Å². The minimum atomic E-state index is -0.369. The molecule has 2 heterocycles. The van der Waals surface area contributed by atoms with E-state index < -0.39 is 0 Å². The van der Waals surface area contributed by atoms with E-state index in [2.05, 4.69) is 10.2 Å². The average molecular weight is 304 g/mol. The molecule has 0 radical (unpaired) electrons. The van der Waals surface area contributed by atoms with E-state index in [0.717, 1.165) is 6.41 Å². The van der Waals surface area contributed by atoms with Crippen LogP contribution in [0, 0.1) is 5.82 Å². The third-order valence-corrected chi connectivity index (χ3v) is 3.45. The van der Waals surface area contributed by atoms with E-state index in [1.807, 2.05) is 0 Å². The topological polar surface area (TPSA) is 79.5 Å². The van der Waals surface area contributed by atoms with Crippen LogP contribution in [0.1, 0.15) is 10.7 Å². The predicted octanol–water partition coefficient (Wildman–Crippen LogP) is 0.790. The van der Waals surface area contributed by atoms with Gasteiger partial charge in [0.25, 0.3) is 0 Å². The Balaban J connectivity index is 1.72. The number of rotatable bonds is 3. The lowest BCUT2D eigenvalue weighted by atomic mass is 10.2. The third kappa shape index (κ3) is 2.80. The first-order valence-corrected chi connectivity index (χ1v) is 6.75. The number of halogens is 1. The zero-order valence-electron chi connectivity index (χ0n) is 11.6. The Labute approximate surface area is 125 Å². The van der Waals surface area contributed by atoms with Gasteiger partial charge in [-0.25, -0.2) is 4.39 Å². The average Bonchev–Trinajstić information content (AvgIpc) is 3.05. The highest BCUT2D eigenvalue weighted by Crippen LogP contribution is 2.19. The molecular formula is C14H13FN4O3. The first-order chi connectivity index (χ1) is 10.7. The van der Waals surface area contributed by atoms with Crippen LogP contribution in [0.3, 0.4) is 0 Å². The van der Waals surface area contributed by atoms with Crippen molar-refractivity contribution in [2.75, 3.05) is 26.2 Å². The molecule has 22 heavy (non-hydrogen) atoms. The zero-order valence-corrected chi connectivity index (χ0v) is 11.6. The highest BCUT2D eigenvalue weighted by atomic mass is 19.1. The van der Waals surface area contributed by atoms with Crippen molar-refractivity contribution in [3.63, 3.8) is 0 Å². The summed E-state index contributed by atoms with van der Waals surface area (Å²) in [5.74, 6) is -0.687. The van der Waals surface area contributed by atoms with Crippen molar-refractivity contribution in [1.82, 2.24) is 20.0 Å². The van der Waals surface area contributed by atoms with Gasteiger partial charge in [0, 0.05) is 31.7 Å². The number of carbonyl (C=O) groups is 2. The monoisotopic (exact) mass is 304 g/mol. The lowest BCUT2D eigenvalue weighted by Crippen LogP contribution is -2.48. The molecule has 1 aromatic heterocycles. The maximum absolute atomic E-state index is 12.9. The fraction of sp³-hybridized carbons (Fsp3) is 0.286. The van der Waals surface area contributed by atoms with Gasteiger partial charge in [0.15, 0.2) is 0 Å². The van der Waals surface area contributed by atoms with Crippen LogP contribution in [0.25, 0.3) is 11.5 Å². The van der Waals surface area contributed by atoms with Gasteiger partial charge in [-0.3, -0.25) is 9.59 Å². The van der Waals surface area contributed by atoms with Crippen molar-refractivity contribution in [1.29, 1.82) is 0 Å². The second-order valence-electron chi connectivity index (χ2n) is 4.85. The van der Waals surface area contributed by atoms with Gasteiger partial charge < -0.3 is 14.2 Å². The van der Waals surface area contributed by atoms with Crippen LogP contribution in [0.15, 0.2) is 28.7 Å². The van der Waals surface area contributed by atoms with Crippen molar-refractivity contribution in [3.05, 3.63) is 36.0 Å². The molecule has 0 unspecified atom stereocenters. The van der Waals surface area contributed by atoms with Crippen molar-refractivity contribution >= 4 is 12.3 Å². The summed E-state index contributed by atoms with van der Waals surface area (Å²) in [4.78, 5) is 26.1. The first kappa shape index (κ1) is 14.2. The van der Waals surface area contributed by atoms with Crippen LogP contribution in [0.2, 0.25) is 0 Å². The summed E-state index contributed by atoms with van der Waals surface area (Å²) in [5, 5.41) is 7.55. The van der Waals surface area contributed by atoms with E-state index in [-0.39, 0.29) is 23.5 Å². The Kier molecular flexibility index (Phi) is 3.82. The summed E-state index contributed by atoms with van der Waals surface area (Å²) in [7, 11) is 0. The summed E-state index contributed by atoms with van der Waals surface area (Å²) in [6.07, 6.45) is 0.765. The van der Waals surface area contributed by atoms with E-state index in [0.29, 0.717) is 31.7 Å². The standard InChI is InChI=1S/C14H13FN4O3/c15-11-3-1-10(2-4-11)12-16-17-13(22-12)14(21)19-7-5-18(9-20)6-8-19/h1-4,9H,5-8H2. The van der Waals surface area contributed by atoms with Crippen molar-refractivity contribution in [3.8, 4) is 11.5 Å². The molecule has 1 aromatic carbocycles. The first-order valence-electron chi connectivity index (χ1n) is 6.75. The Hall–Kier alpha value is -2.77. The quantitative estimate of drug-likeness (QED) is 0.783. The highest BCUT2D eigenvalue weighted by Gasteiger charge is 2.25. The van der Waals surface area contributed by atoms with Crippen molar-refractivity contribution in [2.24, 2.45) is 0 Å². The van der Waals surface area contributed by atoms with Gasteiger partial charge in [-0.15, -0.1) is 10.2 Å². The number of hydrogen-bond acceptors (Lipinski definition) is 5. The van der Waals surface area contributed by atoms with Crippen LogP contribution in [-0.2, 0) is 4.79 Å². The van der Waals surface area contributed by atoms with Gasteiger partial charge in [0.05, 0.1) is 0 Å². The number of nitrogens with zero attached hydrogens (tertiary/aromatic N) is 4. The molecular weight excluding hydrogens is 291 g/mol. The largest absolute Gasteiger partial charge is 0.412 e. The molecule has 8 heteroatoms. The number of hydrogen-bond donors (Lipinski definition) is 0. The lowest BCUT2D eigenvalue weighted by molar-refractivity contribution is -0.119. The molecule has 2 amide bonds. The Bertz CT molecular complexity index is 678. The van der Waals surface area contributed by atoms with Crippen LogP contribution in [0.5, 0.6) is 0 Å². The van der Waals surface area contributed by atoms with Gasteiger partial charge in [-0.2, -0.15) is 0 Å².